The molecule has 328 valence electrons. The van der Waals surface area contributed by atoms with E-state index in [0.29, 0.717) is 19.3 Å². The minimum atomic E-state index is -0.769. The van der Waals surface area contributed by atoms with Crippen LogP contribution in [0.1, 0.15) is 258 Å². The predicted molar refractivity (Wildman–Crippen MR) is 238 cm³/mol. The van der Waals surface area contributed by atoms with Crippen LogP contribution in [0.2, 0.25) is 0 Å². The van der Waals surface area contributed by atoms with Crippen LogP contribution in [0, 0.1) is 0 Å². The Morgan fingerprint density at radius 1 is 0.339 bits per heavy atom. The lowest BCUT2D eigenvalue weighted by atomic mass is 10.1. The maximum Gasteiger partial charge on any atom is 0.306 e. The largest absolute Gasteiger partial charge is 0.462 e. The minimum absolute atomic E-state index is 0.0735. The molecule has 0 aromatic rings. The van der Waals surface area contributed by atoms with E-state index < -0.39 is 6.10 Å². The molecular formula is C50H92O6. The summed E-state index contributed by atoms with van der Waals surface area (Å²) in [5, 5.41) is 0. The normalized spacial score (nSPS) is 12.1. The first-order valence-corrected chi connectivity index (χ1v) is 24.3. The van der Waals surface area contributed by atoms with Gasteiger partial charge in [0, 0.05) is 19.3 Å². The van der Waals surface area contributed by atoms with Gasteiger partial charge in [0.15, 0.2) is 6.10 Å². The van der Waals surface area contributed by atoms with Gasteiger partial charge in [-0.05, 0) is 70.6 Å². The molecule has 6 nitrogen and oxygen atoms in total. The van der Waals surface area contributed by atoms with Crippen LogP contribution >= 0.6 is 0 Å². The summed E-state index contributed by atoms with van der Waals surface area (Å²) in [5.74, 6) is -0.887. The molecular weight excluding hydrogens is 697 g/mol. The molecule has 0 saturated heterocycles. The molecule has 0 amide bonds. The van der Waals surface area contributed by atoms with Gasteiger partial charge < -0.3 is 14.2 Å². The SMILES string of the molecule is CCCCCC/C=C\CCCCCCCC(=O)OC(COC(=O)CCCCCCCC)COC(=O)CCCCCCCCCCC/C=C\CCCCCCCC. The van der Waals surface area contributed by atoms with Crippen molar-refractivity contribution >= 4 is 17.9 Å². The lowest BCUT2D eigenvalue weighted by molar-refractivity contribution is -0.167. The lowest BCUT2D eigenvalue weighted by Crippen LogP contribution is -2.30. The van der Waals surface area contributed by atoms with E-state index in [1.807, 2.05) is 0 Å². The molecule has 0 saturated carbocycles. The Kier molecular flexibility index (Phi) is 43.9. The van der Waals surface area contributed by atoms with E-state index >= 15 is 0 Å². The van der Waals surface area contributed by atoms with Gasteiger partial charge in [0.05, 0.1) is 0 Å². The maximum absolute atomic E-state index is 12.7. The summed E-state index contributed by atoms with van der Waals surface area (Å²) in [5.41, 5.74) is 0. The Hall–Kier alpha value is -2.11. The first-order valence-electron chi connectivity index (χ1n) is 24.3. The highest BCUT2D eigenvalue weighted by Crippen LogP contribution is 2.15. The van der Waals surface area contributed by atoms with Crippen molar-refractivity contribution in [1.29, 1.82) is 0 Å². The summed E-state index contributed by atoms with van der Waals surface area (Å²) in [6.45, 7) is 6.56. The highest BCUT2D eigenvalue weighted by atomic mass is 16.6. The van der Waals surface area contributed by atoms with Gasteiger partial charge in [-0.3, -0.25) is 14.4 Å². The zero-order valence-electron chi connectivity index (χ0n) is 37.4. The molecule has 0 aliphatic carbocycles. The summed E-state index contributed by atoms with van der Waals surface area (Å²) in [4.78, 5) is 37.6. The smallest absolute Gasteiger partial charge is 0.306 e. The monoisotopic (exact) mass is 789 g/mol. The van der Waals surface area contributed by atoms with E-state index in [0.717, 1.165) is 64.2 Å². The van der Waals surface area contributed by atoms with E-state index in [-0.39, 0.29) is 31.1 Å². The molecule has 0 radical (unpaired) electrons. The van der Waals surface area contributed by atoms with Gasteiger partial charge in [-0.25, -0.2) is 0 Å². The number of carbonyl (C=O) groups excluding carboxylic acids is 3. The van der Waals surface area contributed by atoms with Gasteiger partial charge in [0.25, 0.3) is 0 Å². The quantitative estimate of drug-likeness (QED) is 0.0265. The van der Waals surface area contributed by atoms with Gasteiger partial charge in [-0.2, -0.15) is 0 Å². The zero-order valence-corrected chi connectivity index (χ0v) is 37.4. The van der Waals surface area contributed by atoms with Gasteiger partial charge in [-0.15, -0.1) is 0 Å². The topological polar surface area (TPSA) is 78.9 Å². The number of rotatable bonds is 44. The zero-order chi connectivity index (χ0) is 40.8. The second kappa shape index (κ2) is 45.6. The van der Waals surface area contributed by atoms with Crippen LogP contribution in [0.15, 0.2) is 24.3 Å². The minimum Gasteiger partial charge on any atom is -0.462 e. The molecule has 0 aliphatic heterocycles. The van der Waals surface area contributed by atoms with Crippen LogP contribution < -0.4 is 0 Å². The van der Waals surface area contributed by atoms with Crippen LogP contribution in [-0.2, 0) is 28.6 Å². The molecule has 0 rings (SSSR count). The Labute approximate surface area is 347 Å². The van der Waals surface area contributed by atoms with Gasteiger partial charge >= 0.3 is 17.9 Å². The first kappa shape index (κ1) is 53.9. The summed E-state index contributed by atoms with van der Waals surface area (Å²) < 4.78 is 16.7. The van der Waals surface area contributed by atoms with Crippen molar-refractivity contribution in [3.05, 3.63) is 24.3 Å². The molecule has 0 N–H and O–H groups in total. The Balaban J connectivity index is 4.19. The van der Waals surface area contributed by atoms with Crippen LogP contribution in [0.3, 0.4) is 0 Å². The Morgan fingerprint density at radius 3 is 0.911 bits per heavy atom. The predicted octanol–water partition coefficient (Wildman–Crippen LogP) is 15.6. The molecule has 0 aromatic heterocycles. The Morgan fingerprint density at radius 2 is 0.589 bits per heavy atom. The second-order valence-corrected chi connectivity index (χ2v) is 16.4. The van der Waals surface area contributed by atoms with E-state index in [1.54, 1.807) is 0 Å². The molecule has 0 spiro atoms. The summed E-state index contributed by atoms with van der Waals surface area (Å²) in [7, 11) is 0. The van der Waals surface area contributed by atoms with E-state index in [9.17, 15) is 14.4 Å². The standard InChI is InChI=1S/C50H92O6/c1-4-7-10-13-16-18-20-22-23-24-25-26-27-29-30-32-34-37-40-43-49(52)55-46-47(45-54-48(51)42-39-36-15-12-9-6-3)56-50(53)44-41-38-35-33-31-28-21-19-17-14-11-8-5-2/h19,21-23,47H,4-18,20,24-46H2,1-3H3/b21-19-,23-22-. The molecule has 0 aromatic carbocycles. The van der Waals surface area contributed by atoms with Crippen molar-refractivity contribution in [3.63, 3.8) is 0 Å². The summed E-state index contributed by atoms with van der Waals surface area (Å²) >= 11 is 0. The van der Waals surface area contributed by atoms with Crippen molar-refractivity contribution in [2.24, 2.45) is 0 Å². The number of carbonyl (C=O) groups is 3. The van der Waals surface area contributed by atoms with Crippen LogP contribution in [-0.4, -0.2) is 37.2 Å². The van der Waals surface area contributed by atoms with Crippen LogP contribution in [0.4, 0.5) is 0 Å². The van der Waals surface area contributed by atoms with E-state index in [1.165, 1.54) is 154 Å². The van der Waals surface area contributed by atoms with E-state index in [4.69, 9.17) is 14.2 Å². The number of hydrogen-bond acceptors (Lipinski definition) is 6. The van der Waals surface area contributed by atoms with Gasteiger partial charge in [0.1, 0.15) is 13.2 Å². The molecule has 0 bridgehead atoms. The fourth-order valence-corrected chi connectivity index (χ4v) is 6.96. The second-order valence-electron chi connectivity index (χ2n) is 16.4. The molecule has 1 atom stereocenters. The highest BCUT2D eigenvalue weighted by molar-refractivity contribution is 5.71. The summed E-state index contributed by atoms with van der Waals surface area (Å²) in [6, 6.07) is 0. The van der Waals surface area contributed by atoms with Gasteiger partial charge in [-0.1, -0.05) is 193 Å². The third-order valence-corrected chi connectivity index (χ3v) is 10.7. The number of unbranched alkanes of at least 4 members (excludes halogenated alkanes) is 29. The van der Waals surface area contributed by atoms with E-state index in [2.05, 4.69) is 45.1 Å². The summed E-state index contributed by atoms with van der Waals surface area (Å²) in [6.07, 6.45) is 50.4. The number of esters is 3. The average Bonchev–Trinajstić information content (AvgIpc) is 3.19. The third-order valence-electron chi connectivity index (χ3n) is 10.7. The number of ether oxygens (including phenoxy) is 3. The van der Waals surface area contributed by atoms with Crippen molar-refractivity contribution in [3.8, 4) is 0 Å². The molecule has 1 unspecified atom stereocenters. The molecule has 0 heterocycles. The fraction of sp³-hybridized carbons (Fsp3) is 0.860. The van der Waals surface area contributed by atoms with Crippen molar-refractivity contribution in [1.82, 2.24) is 0 Å². The Bertz CT molecular complexity index is 911. The first-order chi connectivity index (χ1) is 27.5. The van der Waals surface area contributed by atoms with Crippen molar-refractivity contribution in [2.75, 3.05) is 13.2 Å². The van der Waals surface area contributed by atoms with Gasteiger partial charge in [0.2, 0.25) is 0 Å². The molecule has 0 fully saturated rings. The molecule has 56 heavy (non-hydrogen) atoms. The lowest BCUT2D eigenvalue weighted by Gasteiger charge is -2.18. The maximum atomic E-state index is 12.7. The number of hydrogen-bond donors (Lipinski definition) is 0. The third kappa shape index (κ3) is 43.0. The van der Waals surface area contributed by atoms with Crippen molar-refractivity contribution < 1.29 is 28.6 Å². The van der Waals surface area contributed by atoms with Crippen LogP contribution in [0.5, 0.6) is 0 Å². The highest BCUT2D eigenvalue weighted by Gasteiger charge is 2.19. The molecule has 6 heteroatoms. The van der Waals surface area contributed by atoms with Crippen molar-refractivity contribution in [2.45, 2.75) is 264 Å². The number of allylic oxidation sites excluding steroid dienone is 4. The van der Waals surface area contributed by atoms with Crippen LogP contribution in [0.25, 0.3) is 0 Å². The average molecular weight is 789 g/mol. The molecule has 0 aliphatic rings. The fourth-order valence-electron chi connectivity index (χ4n) is 6.96.